The number of phosphoric acid groups is 1. The first-order valence-corrected chi connectivity index (χ1v) is 42.7. The van der Waals surface area contributed by atoms with Gasteiger partial charge in [-0.3, -0.25) is 33.3 Å². The van der Waals surface area contributed by atoms with E-state index in [1.54, 1.807) is 0 Å². The molecule has 0 saturated carbocycles. The van der Waals surface area contributed by atoms with Gasteiger partial charge in [0.25, 0.3) is 0 Å². The number of nitrogens with one attached hydrogen (secondary N) is 2. The lowest BCUT2D eigenvalue weighted by Gasteiger charge is -2.45. The van der Waals surface area contributed by atoms with Gasteiger partial charge in [-0.1, -0.05) is 281 Å². The van der Waals surface area contributed by atoms with E-state index >= 15 is 0 Å². The quantitative estimate of drug-likeness (QED) is 0.0143. The Morgan fingerprint density at radius 3 is 1.09 bits per heavy atom. The van der Waals surface area contributed by atoms with Crippen LogP contribution in [0.2, 0.25) is 0 Å². The minimum atomic E-state index is -5.55. The van der Waals surface area contributed by atoms with Gasteiger partial charge < -0.3 is 64.0 Å². The number of unbranched alkanes of at least 4 members (excludes halogenated alkanes) is 34. The highest BCUT2D eigenvalue weighted by Gasteiger charge is 2.52. The van der Waals surface area contributed by atoms with E-state index in [-0.39, 0.29) is 32.1 Å². The molecule has 23 heteroatoms. The summed E-state index contributed by atoms with van der Waals surface area (Å²) in [6.07, 6.45) is 28.8. The van der Waals surface area contributed by atoms with Gasteiger partial charge in [0, 0.05) is 19.3 Å². The number of nitrogens with zero attached hydrogens (tertiary/aromatic N) is 1. The fraction of sp³-hybridized carbons (Fsp3) is 0.911. The number of aliphatic carboxylic acids is 1. The molecule has 0 aromatic heterocycles. The molecule has 1 aliphatic heterocycles. The highest BCUT2D eigenvalue weighted by molar-refractivity contribution is 7.46. The molecule has 1 rings (SSSR count). The van der Waals surface area contributed by atoms with Crippen molar-refractivity contribution in [2.24, 2.45) is 0 Å². The van der Waals surface area contributed by atoms with E-state index in [0.717, 1.165) is 173 Å². The number of carbonyl (C=O) groups excluding carboxylic acids is 6. The van der Waals surface area contributed by atoms with Gasteiger partial charge in [0.1, 0.15) is 36.6 Å². The van der Waals surface area contributed by atoms with Gasteiger partial charge in [0.05, 0.1) is 32.5 Å². The Bertz CT molecular complexity index is 2130. The Morgan fingerprint density at radius 1 is 0.431 bits per heavy atom. The summed E-state index contributed by atoms with van der Waals surface area (Å²) < 4.78 is 54.2. The number of carbonyl (C=O) groups is 7. The summed E-state index contributed by atoms with van der Waals surface area (Å²) in [6.45, 7) is 20.9. The first-order chi connectivity index (χ1) is 49.2. The molecule has 0 aliphatic carbocycles. The maximum atomic E-state index is 14.6. The minimum Gasteiger partial charge on any atom is -0.480 e. The lowest BCUT2D eigenvalue weighted by molar-refractivity contribution is -0.272. The van der Waals surface area contributed by atoms with Gasteiger partial charge in [-0.2, -0.15) is 0 Å². The number of aliphatic hydroxyl groups is 1. The van der Waals surface area contributed by atoms with Crippen molar-refractivity contribution in [3.05, 3.63) is 0 Å². The lowest BCUT2D eigenvalue weighted by atomic mass is 9.95. The molecule has 600 valence electrons. The fourth-order valence-corrected chi connectivity index (χ4v) is 13.3. The molecule has 1 heterocycles. The van der Waals surface area contributed by atoms with E-state index in [2.05, 4.69) is 64.0 Å². The van der Waals surface area contributed by atoms with Crippen molar-refractivity contribution >= 4 is 49.5 Å². The van der Waals surface area contributed by atoms with Gasteiger partial charge in [0.15, 0.2) is 18.4 Å². The second kappa shape index (κ2) is 66.7. The second-order valence-electron chi connectivity index (χ2n) is 28.3. The van der Waals surface area contributed by atoms with E-state index in [1.165, 1.54) is 64.6 Å². The molecule has 1 fully saturated rings. The first-order valence-electron chi connectivity index (χ1n) is 41.1. The van der Waals surface area contributed by atoms with Gasteiger partial charge in [0.2, 0.25) is 11.8 Å². The van der Waals surface area contributed by atoms with Gasteiger partial charge >= 0.3 is 37.7 Å². The Hall–Kier alpha value is -3.76. The molecule has 0 radical (unpaired) electrons. The van der Waals surface area contributed by atoms with Crippen LogP contribution in [0.25, 0.3) is 0 Å². The summed E-state index contributed by atoms with van der Waals surface area (Å²) in [7, 11) is -5.55. The predicted molar refractivity (Wildman–Crippen MR) is 403 cm³/mol. The molecule has 9 atom stereocenters. The van der Waals surface area contributed by atoms with Crippen LogP contribution in [0.1, 0.15) is 377 Å². The number of ether oxygens (including phenoxy) is 6. The van der Waals surface area contributed by atoms with Crippen molar-refractivity contribution in [2.75, 3.05) is 32.8 Å². The molecule has 102 heavy (non-hydrogen) atoms. The Morgan fingerprint density at radius 2 is 0.755 bits per heavy atom. The van der Waals surface area contributed by atoms with Crippen molar-refractivity contribution < 1.29 is 91.1 Å². The zero-order chi connectivity index (χ0) is 75.9. The molecule has 0 aromatic carbocycles. The number of carboxylic acid groups (broad SMARTS) is 1. The van der Waals surface area contributed by atoms with E-state index in [1.807, 2.05) is 13.8 Å². The Balaban J connectivity index is 0.0000138. The maximum absolute atomic E-state index is 14.6. The van der Waals surface area contributed by atoms with Crippen molar-refractivity contribution in [1.29, 1.82) is 0 Å². The molecule has 0 spiro atoms. The molecule has 0 bridgehead atoms. The van der Waals surface area contributed by atoms with Crippen LogP contribution in [0.3, 0.4) is 0 Å². The lowest BCUT2D eigenvalue weighted by Crippen LogP contribution is -2.66. The molecule has 1 saturated heterocycles. The van der Waals surface area contributed by atoms with Crippen molar-refractivity contribution in [3.63, 3.8) is 0 Å². The summed E-state index contributed by atoms with van der Waals surface area (Å²) in [5, 5.41) is 26.7. The number of rotatable bonds is 68. The number of amides is 2. The summed E-state index contributed by atoms with van der Waals surface area (Å²) in [5.41, 5.74) is 0. The molecular weight excluding hydrogens is 1330 g/mol. The minimum absolute atomic E-state index is 0.110. The monoisotopic (exact) mass is 1480 g/mol. The largest absolute Gasteiger partial charge is 0.480 e. The number of esters is 4. The van der Waals surface area contributed by atoms with E-state index in [4.69, 9.17) is 32.9 Å². The predicted octanol–water partition coefficient (Wildman–Crippen LogP) is 17.5. The van der Waals surface area contributed by atoms with E-state index in [0.29, 0.717) is 51.4 Å². The topological polar surface area (TPSA) is 309 Å². The zero-order valence-corrected chi connectivity index (χ0v) is 66.6. The van der Waals surface area contributed by atoms with Crippen molar-refractivity contribution in [2.45, 2.75) is 432 Å². The normalized spacial score (nSPS) is 17.2. The van der Waals surface area contributed by atoms with Crippen LogP contribution in [0.15, 0.2) is 0 Å². The third-order valence-corrected chi connectivity index (χ3v) is 19.6. The van der Waals surface area contributed by atoms with Gasteiger partial charge in [-0.15, -0.1) is 0 Å². The van der Waals surface area contributed by atoms with Crippen molar-refractivity contribution in [1.82, 2.24) is 15.5 Å². The first kappa shape index (κ1) is 98.2. The maximum Gasteiger partial charge on any atom is 0.470 e. The number of hydrogen-bond acceptors (Lipinski definition) is 17. The zero-order valence-electron chi connectivity index (χ0n) is 65.7. The SMILES string of the molecule is CCCCCCCCCCC[C@H](CC(=O)N[C@H]1[C@@H](OC[C@H](NC(=O)C[C@@H](CCCCCCCCCCC)OC(=O)CCCCCCCCC)C(=O)O)O[C@H](CO)[C@@H](OP(=O)(O)O)[C@@H]1OC(=O)C[C@@H](CCCCCCCCCCC)OC(=O)CCCCC)OC(=O)CCCCC.CCN(CC)CC. The number of carboxylic acids is 1. The Kier molecular flexibility index (Phi) is 64.2. The van der Waals surface area contributed by atoms with Crippen LogP contribution in [0.4, 0.5) is 0 Å². The Labute approximate surface area is 618 Å². The molecular formula is C79H150N3O19P. The third-order valence-electron chi connectivity index (χ3n) is 19.0. The summed E-state index contributed by atoms with van der Waals surface area (Å²) in [6, 6.07) is -3.59. The number of aliphatic hydroxyl groups excluding tert-OH is 1. The van der Waals surface area contributed by atoms with E-state index in [9.17, 15) is 58.1 Å². The van der Waals surface area contributed by atoms with Crippen LogP contribution in [-0.2, 0) is 71.1 Å². The molecule has 6 N–H and O–H groups in total. The molecule has 22 nitrogen and oxygen atoms in total. The van der Waals surface area contributed by atoms with Crippen molar-refractivity contribution in [3.8, 4) is 0 Å². The molecule has 1 aliphatic rings. The third kappa shape index (κ3) is 54.8. The standard InChI is InChI=1S/C73H135N2O19P.C6H15N/c1-7-13-19-23-27-30-34-37-43-47-58(89-67(81)52-46-40-33-26-22-16-10-4)53-63(77)74-61(72(83)84)57-88-73-69(75-64(78)54-59(90-65(79)50-41-17-11-5)48-44-38-35-31-28-24-20-14-8-2)71(70(62(56-76)92-73)94-95(85,86)87)93-68(82)55-60(91-66(80)51-42-18-12-6)49-45-39-36-32-29-25-21-15-9-3;1-4-7(5-2)6-3/h58-62,69-71,73,76H,7-57H2,1-6H3,(H,74,77)(H,75,78)(H,83,84)(H2,85,86,87);4-6H2,1-3H3/t58-,59-,60-,61+,62-,69-,70-,71-,73+;/m1./s1. The van der Waals surface area contributed by atoms with E-state index < -0.39 is 131 Å². The summed E-state index contributed by atoms with van der Waals surface area (Å²) in [5.74, 6) is -5.61. The van der Waals surface area contributed by atoms with Crippen LogP contribution >= 0.6 is 7.82 Å². The number of hydrogen-bond donors (Lipinski definition) is 6. The van der Waals surface area contributed by atoms with Gasteiger partial charge in [-0.25, -0.2) is 9.36 Å². The smallest absolute Gasteiger partial charge is 0.470 e. The van der Waals surface area contributed by atoms with Crippen LogP contribution in [-0.4, -0.2) is 154 Å². The highest BCUT2D eigenvalue weighted by atomic mass is 31.2. The fourth-order valence-electron chi connectivity index (χ4n) is 12.8. The average Bonchev–Trinajstić information content (AvgIpc) is 0.781. The number of phosphoric ester groups is 1. The highest BCUT2D eigenvalue weighted by Crippen LogP contribution is 2.42. The molecule has 0 unspecified atom stereocenters. The molecule has 0 aromatic rings. The molecule has 2 amide bonds. The van der Waals surface area contributed by atoms with Gasteiger partial charge in [-0.05, 0) is 77.4 Å². The van der Waals surface area contributed by atoms with Crippen LogP contribution in [0, 0.1) is 0 Å². The van der Waals surface area contributed by atoms with Crippen LogP contribution < -0.4 is 10.6 Å². The second-order valence-corrected chi connectivity index (χ2v) is 29.5. The van der Waals surface area contributed by atoms with Crippen LogP contribution in [0.5, 0.6) is 0 Å². The summed E-state index contributed by atoms with van der Waals surface area (Å²) >= 11 is 0. The summed E-state index contributed by atoms with van der Waals surface area (Å²) in [4.78, 5) is 119. The average molecular weight is 1480 g/mol.